The van der Waals surface area contributed by atoms with E-state index in [2.05, 4.69) is 27.6 Å². The van der Waals surface area contributed by atoms with Gasteiger partial charge in [0.25, 0.3) is 0 Å². The van der Waals surface area contributed by atoms with Gasteiger partial charge in [0.15, 0.2) is 5.70 Å². The molecule has 0 saturated heterocycles. The monoisotopic (exact) mass is 389 g/mol. The Morgan fingerprint density at radius 1 is 1.14 bits per heavy atom. The van der Waals surface area contributed by atoms with Crippen molar-refractivity contribution in [2.45, 2.75) is 6.92 Å². The third-order valence-electron chi connectivity index (χ3n) is 3.17. The fourth-order valence-electron chi connectivity index (χ4n) is 2.05. The molecule has 0 amide bonds. The molecule has 0 unspecified atom stereocenters. The number of esters is 1. The van der Waals surface area contributed by atoms with Crippen LogP contribution in [0, 0.1) is 10.5 Å². The molecule has 0 bridgehead atoms. The molecule has 0 spiro atoms. The van der Waals surface area contributed by atoms with Crippen molar-refractivity contribution in [3.8, 4) is 0 Å². The Hall–Kier alpha value is -1.95. The first-order chi connectivity index (χ1) is 10.1. The molecule has 104 valence electrons. The number of cyclic esters (lactones) is 1. The van der Waals surface area contributed by atoms with E-state index in [1.807, 2.05) is 55.5 Å². The van der Waals surface area contributed by atoms with Gasteiger partial charge >= 0.3 is 5.97 Å². The van der Waals surface area contributed by atoms with Crippen LogP contribution in [0.15, 0.2) is 59.2 Å². The predicted octanol–water partition coefficient (Wildman–Crippen LogP) is 3.94. The highest BCUT2D eigenvalue weighted by atomic mass is 127. The molecule has 0 N–H and O–H groups in total. The van der Waals surface area contributed by atoms with Crippen LogP contribution in [0.5, 0.6) is 0 Å². The van der Waals surface area contributed by atoms with Crippen molar-refractivity contribution in [1.82, 2.24) is 0 Å². The van der Waals surface area contributed by atoms with E-state index in [1.54, 1.807) is 6.08 Å². The number of halogens is 1. The number of aliphatic imine (C=N–C) groups is 1. The van der Waals surface area contributed by atoms with Crippen molar-refractivity contribution in [2.24, 2.45) is 4.99 Å². The zero-order chi connectivity index (χ0) is 14.8. The summed E-state index contributed by atoms with van der Waals surface area (Å²) in [6.45, 7) is 2.00. The van der Waals surface area contributed by atoms with Crippen LogP contribution >= 0.6 is 22.6 Å². The summed E-state index contributed by atoms with van der Waals surface area (Å²) in [7, 11) is 0. The van der Waals surface area contributed by atoms with Crippen LogP contribution in [-0.2, 0) is 9.53 Å². The average Bonchev–Trinajstić information content (AvgIpc) is 2.83. The van der Waals surface area contributed by atoms with Gasteiger partial charge in [0.1, 0.15) is 0 Å². The zero-order valence-electron chi connectivity index (χ0n) is 11.3. The van der Waals surface area contributed by atoms with Crippen LogP contribution in [0.2, 0.25) is 0 Å². The number of hydrogen-bond acceptors (Lipinski definition) is 3. The largest absolute Gasteiger partial charge is 0.402 e. The van der Waals surface area contributed by atoms with Gasteiger partial charge in [-0.3, -0.25) is 0 Å². The molecule has 1 heterocycles. The molecule has 21 heavy (non-hydrogen) atoms. The molecule has 0 radical (unpaired) electrons. The van der Waals surface area contributed by atoms with E-state index in [1.165, 1.54) is 0 Å². The summed E-state index contributed by atoms with van der Waals surface area (Å²) in [5.41, 5.74) is 3.20. The number of nitrogens with zero attached hydrogens (tertiary/aromatic N) is 1. The summed E-state index contributed by atoms with van der Waals surface area (Å²) in [5.74, 6) is -0.0505. The molecule has 0 fully saturated rings. The van der Waals surface area contributed by atoms with Gasteiger partial charge < -0.3 is 4.74 Å². The van der Waals surface area contributed by atoms with Crippen LogP contribution in [0.25, 0.3) is 6.08 Å². The predicted molar refractivity (Wildman–Crippen MR) is 90.9 cm³/mol. The van der Waals surface area contributed by atoms with Gasteiger partial charge in [-0.1, -0.05) is 30.3 Å². The van der Waals surface area contributed by atoms with Gasteiger partial charge in [0, 0.05) is 9.13 Å². The first kappa shape index (κ1) is 14.0. The van der Waals surface area contributed by atoms with Crippen LogP contribution in [-0.4, -0.2) is 11.9 Å². The number of ether oxygens (including phenoxy) is 1. The molecular weight excluding hydrogens is 377 g/mol. The third kappa shape index (κ3) is 3.05. The highest BCUT2D eigenvalue weighted by Crippen LogP contribution is 2.21. The number of benzene rings is 2. The Kier molecular flexibility index (Phi) is 3.88. The van der Waals surface area contributed by atoms with Crippen LogP contribution < -0.4 is 0 Å². The van der Waals surface area contributed by atoms with E-state index in [4.69, 9.17) is 4.74 Å². The van der Waals surface area contributed by atoms with Crippen LogP contribution in [0.1, 0.15) is 16.7 Å². The first-order valence-electron chi connectivity index (χ1n) is 6.47. The van der Waals surface area contributed by atoms with Crippen molar-refractivity contribution in [3.05, 3.63) is 74.5 Å². The van der Waals surface area contributed by atoms with E-state index in [0.29, 0.717) is 11.6 Å². The summed E-state index contributed by atoms with van der Waals surface area (Å²) in [6, 6.07) is 15.6. The van der Waals surface area contributed by atoms with Crippen molar-refractivity contribution < 1.29 is 9.53 Å². The SMILES string of the molecule is Cc1ccccc1C=C1N=C(c2cccc(I)c2)OC1=O. The standard InChI is InChI=1S/C17H12INO2/c1-11-5-2-3-6-12(11)10-15-17(20)21-16(19-15)13-7-4-8-14(18)9-13/h2-10H,1H3. The Morgan fingerprint density at radius 2 is 1.95 bits per heavy atom. The zero-order valence-corrected chi connectivity index (χ0v) is 13.5. The van der Waals surface area contributed by atoms with Gasteiger partial charge in [-0.25, -0.2) is 9.79 Å². The molecule has 3 nitrogen and oxygen atoms in total. The van der Waals surface area contributed by atoms with Gasteiger partial charge in [0.2, 0.25) is 5.90 Å². The number of hydrogen-bond donors (Lipinski definition) is 0. The normalized spacial score (nSPS) is 16.0. The minimum Gasteiger partial charge on any atom is -0.402 e. The summed E-state index contributed by atoms with van der Waals surface area (Å²) in [4.78, 5) is 16.3. The number of carbonyl (C=O) groups is 1. The van der Waals surface area contributed by atoms with E-state index in [0.717, 1.165) is 20.3 Å². The summed E-state index contributed by atoms with van der Waals surface area (Å²) in [5, 5.41) is 0. The van der Waals surface area contributed by atoms with Crippen LogP contribution in [0.4, 0.5) is 0 Å². The Bertz CT molecular complexity index is 778. The van der Waals surface area contributed by atoms with Gasteiger partial charge in [-0.15, -0.1) is 0 Å². The summed E-state index contributed by atoms with van der Waals surface area (Å²) < 4.78 is 6.34. The number of rotatable bonds is 2. The molecule has 1 aliphatic heterocycles. The van der Waals surface area contributed by atoms with E-state index >= 15 is 0 Å². The average molecular weight is 389 g/mol. The maximum absolute atomic E-state index is 12.0. The van der Waals surface area contributed by atoms with Crippen molar-refractivity contribution in [3.63, 3.8) is 0 Å². The molecule has 4 heteroatoms. The fourth-order valence-corrected chi connectivity index (χ4v) is 2.59. The van der Waals surface area contributed by atoms with Gasteiger partial charge in [-0.2, -0.15) is 0 Å². The summed E-state index contributed by atoms with van der Waals surface area (Å²) >= 11 is 2.22. The van der Waals surface area contributed by atoms with Crippen molar-refractivity contribution in [2.75, 3.05) is 0 Å². The number of aryl methyl sites for hydroxylation is 1. The molecule has 3 rings (SSSR count). The van der Waals surface area contributed by atoms with E-state index in [-0.39, 0.29) is 0 Å². The fraction of sp³-hybridized carbons (Fsp3) is 0.0588. The highest BCUT2D eigenvalue weighted by molar-refractivity contribution is 14.1. The lowest BCUT2D eigenvalue weighted by atomic mass is 10.1. The lowest BCUT2D eigenvalue weighted by molar-refractivity contribution is -0.129. The summed E-state index contributed by atoms with van der Waals surface area (Å²) in [6.07, 6.45) is 1.76. The molecule has 0 saturated carbocycles. The second-order valence-electron chi connectivity index (χ2n) is 4.70. The molecule has 0 aromatic heterocycles. The second-order valence-corrected chi connectivity index (χ2v) is 5.95. The molecule has 2 aromatic carbocycles. The molecular formula is C17H12INO2. The van der Waals surface area contributed by atoms with Crippen molar-refractivity contribution >= 4 is 40.5 Å². The molecule has 0 atom stereocenters. The molecule has 2 aromatic rings. The van der Waals surface area contributed by atoms with Gasteiger partial charge in [-0.05, 0) is 64.9 Å². The minimum atomic E-state index is -0.410. The van der Waals surface area contributed by atoms with Gasteiger partial charge in [0.05, 0.1) is 0 Å². The molecule has 1 aliphatic rings. The lowest BCUT2D eigenvalue weighted by Crippen LogP contribution is -2.05. The smallest absolute Gasteiger partial charge is 0.363 e. The maximum atomic E-state index is 12.0. The Labute approximate surface area is 136 Å². The number of carbonyl (C=O) groups excluding carboxylic acids is 1. The Balaban J connectivity index is 1.98. The highest BCUT2D eigenvalue weighted by Gasteiger charge is 2.24. The van der Waals surface area contributed by atoms with Crippen molar-refractivity contribution in [1.29, 1.82) is 0 Å². The minimum absolute atomic E-state index is 0.332. The van der Waals surface area contributed by atoms with E-state index < -0.39 is 5.97 Å². The molecule has 0 aliphatic carbocycles. The second kappa shape index (κ2) is 5.81. The Morgan fingerprint density at radius 3 is 2.71 bits per heavy atom. The maximum Gasteiger partial charge on any atom is 0.363 e. The quantitative estimate of drug-likeness (QED) is 0.443. The third-order valence-corrected chi connectivity index (χ3v) is 3.84. The first-order valence-corrected chi connectivity index (χ1v) is 7.55. The van der Waals surface area contributed by atoms with Crippen LogP contribution in [0.3, 0.4) is 0 Å². The topological polar surface area (TPSA) is 38.7 Å². The lowest BCUT2D eigenvalue weighted by Gasteiger charge is -1.99. The van der Waals surface area contributed by atoms with E-state index in [9.17, 15) is 4.79 Å².